The number of rotatable bonds is 5. The average molecular weight is 388 g/mol. The highest BCUT2D eigenvalue weighted by atomic mass is 79.9. The molecule has 0 saturated heterocycles. The molecular weight excluding hydrogens is 372 g/mol. The van der Waals surface area contributed by atoms with Crippen molar-refractivity contribution in [2.45, 2.75) is 10.3 Å². The molecule has 0 spiro atoms. The minimum absolute atomic E-state index is 0.300. The van der Waals surface area contributed by atoms with Crippen molar-refractivity contribution in [2.24, 2.45) is 0 Å². The summed E-state index contributed by atoms with van der Waals surface area (Å²) in [5, 5.41) is -0.300. The summed E-state index contributed by atoms with van der Waals surface area (Å²) in [5.74, 6) is 1.47. The highest BCUT2D eigenvalue weighted by molar-refractivity contribution is 9.10. The van der Waals surface area contributed by atoms with Crippen molar-refractivity contribution in [3.05, 3.63) is 52.0 Å². The third kappa shape index (κ3) is 3.50. The van der Waals surface area contributed by atoms with Crippen LogP contribution in [0.4, 0.5) is 0 Å². The Morgan fingerprint density at radius 3 is 2.33 bits per heavy atom. The lowest BCUT2D eigenvalue weighted by Crippen LogP contribution is -2.00. The summed E-state index contributed by atoms with van der Waals surface area (Å²) in [7, 11) is 3.28. The Labute approximate surface area is 142 Å². The Kier molecular flexibility index (Phi) is 5.85. The van der Waals surface area contributed by atoms with Gasteiger partial charge in [-0.15, -0.1) is 23.4 Å². The number of hydrogen-bond acceptors (Lipinski definition) is 3. The van der Waals surface area contributed by atoms with Gasteiger partial charge in [0, 0.05) is 10.5 Å². The number of hydrogen-bond donors (Lipinski definition) is 0. The van der Waals surface area contributed by atoms with Gasteiger partial charge >= 0.3 is 0 Å². The van der Waals surface area contributed by atoms with Crippen molar-refractivity contribution in [1.82, 2.24) is 0 Å². The molecule has 0 fully saturated rings. The first-order valence-electron chi connectivity index (χ1n) is 6.30. The Morgan fingerprint density at radius 2 is 1.71 bits per heavy atom. The van der Waals surface area contributed by atoms with Gasteiger partial charge in [0.1, 0.15) is 11.5 Å². The molecule has 1 unspecified atom stereocenters. The van der Waals surface area contributed by atoms with Crippen LogP contribution in [-0.2, 0) is 0 Å². The predicted octanol–water partition coefficient (Wildman–Crippen LogP) is 5.52. The van der Waals surface area contributed by atoms with Gasteiger partial charge in [-0.1, -0.05) is 18.2 Å². The minimum atomic E-state index is -0.300. The van der Waals surface area contributed by atoms with Crippen LogP contribution in [0, 0.1) is 0 Å². The van der Waals surface area contributed by atoms with E-state index < -0.39 is 0 Å². The predicted molar refractivity (Wildman–Crippen MR) is 93.2 cm³/mol. The maximum absolute atomic E-state index is 6.72. The van der Waals surface area contributed by atoms with Crippen LogP contribution in [0.3, 0.4) is 0 Å². The van der Waals surface area contributed by atoms with Gasteiger partial charge in [-0.2, -0.15) is 0 Å². The topological polar surface area (TPSA) is 18.5 Å². The zero-order valence-electron chi connectivity index (χ0n) is 12.0. The SMILES string of the molecule is COc1cc(C(Cl)c2ccccc2SC)c(OC)cc1Br. The third-order valence-electron chi connectivity index (χ3n) is 3.19. The second-order valence-electron chi connectivity index (χ2n) is 4.33. The lowest BCUT2D eigenvalue weighted by Gasteiger charge is -2.18. The molecule has 21 heavy (non-hydrogen) atoms. The van der Waals surface area contributed by atoms with E-state index in [0.29, 0.717) is 0 Å². The molecule has 0 saturated carbocycles. The summed E-state index contributed by atoms with van der Waals surface area (Å²) in [6, 6.07) is 11.9. The van der Waals surface area contributed by atoms with Crippen LogP contribution < -0.4 is 9.47 Å². The van der Waals surface area contributed by atoms with Crippen molar-refractivity contribution >= 4 is 39.3 Å². The number of benzene rings is 2. The van der Waals surface area contributed by atoms with E-state index in [-0.39, 0.29) is 5.38 Å². The third-order valence-corrected chi connectivity index (χ3v) is 5.09. The molecule has 2 aromatic rings. The van der Waals surface area contributed by atoms with E-state index in [1.807, 2.05) is 36.6 Å². The highest BCUT2D eigenvalue weighted by Gasteiger charge is 2.20. The molecule has 0 amide bonds. The van der Waals surface area contributed by atoms with Gasteiger partial charge in [0.25, 0.3) is 0 Å². The maximum atomic E-state index is 6.72. The molecule has 112 valence electrons. The van der Waals surface area contributed by atoms with Gasteiger partial charge in [0.2, 0.25) is 0 Å². The van der Waals surface area contributed by atoms with Crippen molar-refractivity contribution in [3.63, 3.8) is 0 Å². The number of halogens is 2. The molecule has 0 aliphatic rings. The molecule has 2 aromatic carbocycles. The summed E-state index contributed by atoms with van der Waals surface area (Å²) in [6.07, 6.45) is 2.04. The van der Waals surface area contributed by atoms with Gasteiger partial charge in [-0.05, 0) is 45.9 Å². The summed E-state index contributed by atoms with van der Waals surface area (Å²) in [4.78, 5) is 1.15. The van der Waals surface area contributed by atoms with Crippen molar-refractivity contribution in [1.29, 1.82) is 0 Å². The monoisotopic (exact) mass is 386 g/mol. The molecule has 0 N–H and O–H groups in total. The molecule has 1 atom stereocenters. The molecule has 5 heteroatoms. The smallest absolute Gasteiger partial charge is 0.133 e. The Bertz CT molecular complexity index is 634. The van der Waals surface area contributed by atoms with Crippen LogP contribution in [0.1, 0.15) is 16.5 Å². The van der Waals surface area contributed by atoms with Crippen LogP contribution >= 0.6 is 39.3 Å². The van der Waals surface area contributed by atoms with E-state index >= 15 is 0 Å². The fraction of sp³-hybridized carbons (Fsp3) is 0.250. The zero-order chi connectivity index (χ0) is 15.4. The van der Waals surface area contributed by atoms with Crippen LogP contribution in [0.25, 0.3) is 0 Å². The number of alkyl halides is 1. The first-order valence-corrected chi connectivity index (χ1v) is 8.76. The van der Waals surface area contributed by atoms with E-state index in [2.05, 4.69) is 22.0 Å². The Morgan fingerprint density at radius 1 is 1.05 bits per heavy atom. The van der Waals surface area contributed by atoms with Gasteiger partial charge in [0.05, 0.1) is 24.1 Å². The minimum Gasteiger partial charge on any atom is -0.496 e. The molecule has 0 bridgehead atoms. The fourth-order valence-electron chi connectivity index (χ4n) is 2.13. The normalized spacial score (nSPS) is 12.0. The van der Waals surface area contributed by atoms with Crippen LogP contribution in [-0.4, -0.2) is 20.5 Å². The zero-order valence-corrected chi connectivity index (χ0v) is 15.2. The van der Waals surface area contributed by atoms with Crippen LogP contribution in [0.5, 0.6) is 11.5 Å². The molecule has 0 radical (unpaired) electrons. The van der Waals surface area contributed by atoms with Gasteiger partial charge < -0.3 is 9.47 Å². The number of methoxy groups -OCH3 is 2. The van der Waals surface area contributed by atoms with E-state index in [1.165, 1.54) is 0 Å². The van der Waals surface area contributed by atoms with Crippen molar-refractivity contribution in [3.8, 4) is 11.5 Å². The summed E-state index contributed by atoms with van der Waals surface area (Å²) < 4.78 is 11.7. The summed E-state index contributed by atoms with van der Waals surface area (Å²) in [6.45, 7) is 0. The second-order valence-corrected chi connectivity index (χ2v) is 6.47. The highest BCUT2D eigenvalue weighted by Crippen LogP contribution is 2.42. The summed E-state index contributed by atoms with van der Waals surface area (Å²) >= 11 is 11.9. The Hall–Kier alpha value is -0.840. The van der Waals surface area contributed by atoms with Crippen molar-refractivity contribution in [2.75, 3.05) is 20.5 Å². The fourth-order valence-corrected chi connectivity index (χ4v) is 3.67. The number of thioether (sulfide) groups is 1. The van der Waals surface area contributed by atoms with Gasteiger partial charge in [-0.3, -0.25) is 0 Å². The van der Waals surface area contributed by atoms with Crippen LogP contribution in [0.15, 0.2) is 45.8 Å². The first-order chi connectivity index (χ1) is 10.1. The van der Waals surface area contributed by atoms with E-state index in [1.54, 1.807) is 26.0 Å². The lowest BCUT2D eigenvalue weighted by atomic mass is 10.0. The van der Waals surface area contributed by atoms with E-state index in [4.69, 9.17) is 21.1 Å². The molecular formula is C16H16BrClO2S. The quantitative estimate of drug-likeness (QED) is 0.497. The standard InChI is InChI=1S/C16H16BrClO2S/c1-19-13-9-12(17)14(20-2)8-11(13)16(18)10-6-4-5-7-15(10)21-3/h4-9,16H,1-3H3. The molecule has 0 aliphatic carbocycles. The molecule has 0 aliphatic heterocycles. The number of ether oxygens (including phenoxy) is 2. The maximum Gasteiger partial charge on any atom is 0.133 e. The van der Waals surface area contributed by atoms with Gasteiger partial charge in [-0.25, -0.2) is 0 Å². The lowest BCUT2D eigenvalue weighted by molar-refractivity contribution is 0.397. The first kappa shape index (κ1) is 16.5. The Balaban J connectivity index is 2.54. The van der Waals surface area contributed by atoms with E-state index in [9.17, 15) is 0 Å². The molecule has 2 rings (SSSR count). The molecule has 0 aromatic heterocycles. The van der Waals surface area contributed by atoms with Crippen molar-refractivity contribution < 1.29 is 9.47 Å². The molecule has 0 heterocycles. The largest absolute Gasteiger partial charge is 0.496 e. The van der Waals surface area contributed by atoms with E-state index in [0.717, 1.165) is 32.0 Å². The molecule has 2 nitrogen and oxygen atoms in total. The average Bonchev–Trinajstić information content (AvgIpc) is 2.53. The summed E-state index contributed by atoms with van der Waals surface area (Å²) in [5.41, 5.74) is 1.95. The van der Waals surface area contributed by atoms with Crippen LogP contribution in [0.2, 0.25) is 0 Å². The second kappa shape index (κ2) is 7.43. The van der Waals surface area contributed by atoms with Gasteiger partial charge in [0.15, 0.2) is 0 Å².